The molecule has 0 amide bonds. The van der Waals surface area contributed by atoms with Crippen LogP contribution in [0.25, 0.3) is 0 Å². The highest BCUT2D eigenvalue weighted by Crippen LogP contribution is 2.31. The van der Waals surface area contributed by atoms with E-state index in [9.17, 15) is 0 Å². The van der Waals surface area contributed by atoms with E-state index in [1.165, 1.54) is 5.56 Å². The van der Waals surface area contributed by atoms with Gasteiger partial charge in [0.2, 0.25) is 11.8 Å². The zero-order valence-electron chi connectivity index (χ0n) is 10.3. The lowest BCUT2D eigenvalue weighted by molar-refractivity contribution is 0.358. The van der Waals surface area contributed by atoms with Crippen LogP contribution in [0.4, 0.5) is 0 Å². The van der Waals surface area contributed by atoms with E-state index in [4.69, 9.17) is 9.47 Å². The van der Waals surface area contributed by atoms with Crippen molar-refractivity contribution >= 4 is 11.8 Å². The van der Waals surface area contributed by atoms with Crippen LogP contribution in [-0.4, -0.2) is 24.4 Å². The number of benzene rings is 1. The van der Waals surface area contributed by atoms with Crippen LogP contribution in [0.3, 0.4) is 0 Å². The summed E-state index contributed by atoms with van der Waals surface area (Å²) < 4.78 is 10.2. The highest BCUT2D eigenvalue weighted by atomic mass is 32.2. The van der Waals surface area contributed by atoms with Gasteiger partial charge < -0.3 is 9.47 Å². The summed E-state index contributed by atoms with van der Waals surface area (Å²) in [4.78, 5) is 0.924. The molecule has 0 aliphatic rings. The first-order valence-electron chi connectivity index (χ1n) is 5.46. The highest BCUT2D eigenvalue weighted by molar-refractivity contribution is 7.98. The number of nitrogens with zero attached hydrogens (tertiary/aromatic N) is 2. The maximum absolute atomic E-state index is 5.18. The molecule has 0 aliphatic heterocycles. The first-order valence-corrected chi connectivity index (χ1v) is 6.44. The van der Waals surface area contributed by atoms with Crippen molar-refractivity contribution in [1.82, 2.24) is 10.2 Å². The lowest BCUT2D eigenvalue weighted by Crippen LogP contribution is -1.96. The second-order valence-electron chi connectivity index (χ2n) is 3.53. The SMILES string of the molecule is COc1cc(SCc2ccccc2)c(OC)nn1. The van der Waals surface area contributed by atoms with Gasteiger partial charge in [-0.05, 0) is 5.56 Å². The van der Waals surface area contributed by atoms with E-state index in [2.05, 4.69) is 22.3 Å². The van der Waals surface area contributed by atoms with Crippen LogP contribution in [0.5, 0.6) is 11.8 Å². The Hall–Kier alpha value is -1.75. The topological polar surface area (TPSA) is 44.2 Å². The molecular weight excluding hydrogens is 248 g/mol. The second kappa shape index (κ2) is 6.26. The summed E-state index contributed by atoms with van der Waals surface area (Å²) in [6, 6.07) is 12.1. The van der Waals surface area contributed by atoms with Gasteiger partial charge in [0, 0.05) is 11.8 Å². The molecule has 0 atom stereocenters. The van der Waals surface area contributed by atoms with Gasteiger partial charge in [0.25, 0.3) is 0 Å². The van der Waals surface area contributed by atoms with Crippen molar-refractivity contribution in [2.45, 2.75) is 10.6 Å². The summed E-state index contributed by atoms with van der Waals surface area (Å²) >= 11 is 1.65. The van der Waals surface area contributed by atoms with Gasteiger partial charge in [-0.3, -0.25) is 0 Å². The molecule has 0 bridgehead atoms. The Morgan fingerprint density at radius 2 is 1.83 bits per heavy atom. The lowest BCUT2D eigenvalue weighted by atomic mass is 10.2. The van der Waals surface area contributed by atoms with E-state index in [1.807, 2.05) is 24.3 Å². The predicted octanol–water partition coefficient (Wildman–Crippen LogP) is 2.79. The third-order valence-corrected chi connectivity index (χ3v) is 3.43. The van der Waals surface area contributed by atoms with Crippen LogP contribution < -0.4 is 9.47 Å². The number of methoxy groups -OCH3 is 2. The van der Waals surface area contributed by atoms with Crippen LogP contribution in [0.2, 0.25) is 0 Å². The Bertz CT molecular complexity index is 506. The molecule has 5 heteroatoms. The number of hydrogen-bond acceptors (Lipinski definition) is 5. The van der Waals surface area contributed by atoms with Crippen molar-refractivity contribution in [2.75, 3.05) is 14.2 Å². The zero-order chi connectivity index (χ0) is 12.8. The summed E-state index contributed by atoms with van der Waals surface area (Å²) in [5, 5.41) is 7.84. The minimum atomic E-state index is 0.492. The molecule has 1 aromatic carbocycles. The average Bonchev–Trinajstić information content (AvgIpc) is 2.45. The van der Waals surface area contributed by atoms with Crippen LogP contribution in [0, 0.1) is 0 Å². The Morgan fingerprint density at radius 3 is 2.50 bits per heavy atom. The smallest absolute Gasteiger partial charge is 0.247 e. The van der Waals surface area contributed by atoms with Gasteiger partial charge in [-0.2, -0.15) is 0 Å². The molecule has 0 spiro atoms. The number of aromatic nitrogens is 2. The Labute approximate surface area is 110 Å². The van der Waals surface area contributed by atoms with Gasteiger partial charge in [0.05, 0.1) is 19.1 Å². The predicted molar refractivity (Wildman–Crippen MR) is 71.1 cm³/mol. The van der Waals surface area contributed by atoms with Crippen molar-refractivity contribution in [3.63, 3.8) is 0 Å². The number of rotatable bonds is 5. The quantitative estimate of drug-likeness (QED) is 0.775. The minimum Gasteiger partial charge on any atom is -0.480 e. The molecule has 0 fully saturated rings. The fourth-order valence-corrected chi connectivity index (χ4v) is 2.37. The van der Waals surface area contributed by atoms with E-state index >= 15 is 0 Å². The first kappa shape index (κ1) is 12.7. The van der Waals surface area contributed by atoms with Crippen molar-refractivity contribution in [3.8, 4) is 11.8 Å². The number of hydrogen-bond donors (Lipinski definition) is 0. The van der Waals surface area contributed by atoms with Crippen LogP contribution in [0.15, 0.2) is 41.3 Å². The Balaban J connectivity index is 2.12. The van der Waals surface area contributed by atoms with Gasteiger partial charge in [0.15, 0.2) is 0 Å². The third kappa shape index (κ3) is 3.13. The summed E-state index contributed by atoms with van der Waals surface area (Å²) in [7, 11) is 3.16. The van der Waals surface area contributed by atoms with Crippen LogP contribution in [0.1, 0.15) is 5.56 Å². The molecule has 0 N–H and O–H groups in total. The van der Waals surface area contributed by atoms with Crippen molar-refractivity contribution in [2.24, 2.45) is 0 Å². The molecule has 0 unspecified atom stereocenters. The molecule has 4 nitrogen and oxygen atoms in total. The van der Waals surface area contributed by atoms with Crippen molar-refractivity contribution < 1.29 is 9.47 Å². The molecule has 0 saturated carbocycles. The maximum Gasteiger partial charge on any atom is 0.247 e. The van der Waals surface area contributed by atoms with Gasteiger partial charge in [-0.15, -0.1) is 22.0 Å². The maximum atomic E-state index is 5.18. The molecule has 1 heterocycles. The lowest BCUT2D eigenvalue weighted by Gasteiger charge is -2.07. The minimum absolute atomic E-state index is 0.492. The first-order chi connectivity index (χ1) is 8.83. The molecule has 0 aliphatic carbocycles. The number of ether oxygens (including phenoxy) is 2. The normalized spacial score (nSPS) is 10.1. The zero-order valence-corrected chi connectivity index (χ0v) is 11.1. The van der Waals surface area contributed by atoms with Crippen LogP contribution in [-0.2, 0) is 5.75 Å². The summed E-state index contributed by atoms with van der Waals surface area (Å²) in [6.07, 6.45) is 0. The Morgan fingerprint density at radius 1 is 1.06 bits per heavy atom. The largest absolute Gasteiger partial charge is 0.480 e. The van der Waals surface area contributed by atoms with E-state index in [0.717, 1.165) is 10.6 Å². The molecule has 2 aromatic rings. The summed E-state index contributed by atoms with van der Waals surface area (Å²) in [5.41, 5.74) is 1.25. The van der Waals surface area contributed by atoms with Crippen molar-refractivity contribution in [1.29, 1.82) is 0 Å². The molecule has 0 saturated heterocycles. The van der Waals surface area contributed by atoms with Crippen molar-refractivity contribution in [3.05, 3.63) is 42.0 Å². The van der Waals surface area contributed by atoms with Crippen LogP contribution >= 0.6 is 11.8 Å². The number of thioether (sulfide) groups is 1. The molecule has 2 rings (SSSR count). The van der Waals surface area contributed by atoms with Gasteiger partial charge in [-0.25, -0.2) is 0 Å². The summed E-state index contributed by atoms with van der Waals surface area (Å²) in [6.45, 7) is 0. The third-order valence-electron chi connectivity index (χ3n) is 2.34. The van der Waals surface area contributed by atoms with E-state index in [1.54, 1.807) is 26.0 Å². The highest BCUT2D eigenvalue weighted by Gasteiger charge is 2.08. The molecular formula is C13H14N2O2S. The van der Waals surface area contributed by atoms with Gasteiger partial charge >= 0.3 is 0 Å². The standard InChI is InChI=1S/C13H14N2O2S/c1-16-12-8-11(13(17-2)15-14-12)18-9-10-6-4-3-5-7-10/h3-8H,9H2,1-2H3. The molecule has 1 aromatic heterocycles. The monoisotopic (exact) mass is 262 g/mol. The van der Waals surface area contributed by atoms with Gasteiger partial charge in [0.1, 0.15) is 0 Å². The molecule has 94 valence electrons. The molecule has 0 radical (unpaired) electrons. The fourth-order valence-electron chi connectivity index (χ4n) is 1.43. The molecule has 18 heavy (non-hydrogen) atoms. The van der Waals surface area contributed by atoms with Gasteiger partial charge in [-0.1, -0.05) is 30.3 Å². The second-order valence-corrected chi connectivity index (χ2v) is 4.55. The Kier molecular flexibility index (Phi) is 4.41. The van der Waals surface area contributed by atoms with E-state index < -0.39 is 0 Å². The van der Waals surface area contributed by atoms with E-state index in [0.29, 0.717) is 11.8 Å². The fraction of sp³-hybridized carbons (Fsp3) is 0.231. The average molecular weight is 262 g/mol. The summed E-state index contributed by atoms with van der Waals surface area (Å²) in [5.74, 6) is 1.87. The van der Waals surface area contributed by atoms with E-state index in [-0.39, 0.29) is 0 Å².